The van der Waals surface area contributed by atoms with Crippen LogP contribution in [0, 0.1) is 5.82 Å². The highest BCUT2D eigenvalue weighted by Crippen LogP contribution is 2.33. The van der Waals surface area contributed by atoms with Crippen LogP contribution in [-0.2, 0) is 9.53 Å². The summed E-state index contributed by atoms with van der Waals surface area (Å²) in [7, 11) is 0. The van der Waals surface area contributed by atoms with E-state index in [1.165, 1.54) is 35.2 Å². The smallest absolute Gasteiger partial charge is 0.239 e. The van der Waals surface area contributed by atoms with Gasteiger partial charge < -0.3 is 4.74 Å². The quantitative estimate of drug-likeness (QED) is 0.479. The van der Waals surface area contributed by atoms with Crippen molar-refractivity contribution < 1.29 is 13.9 Å². The van der Waals surface area contributed by atoms with E-state index in [1.54, 1.807) is 23.1 Å². The van der Waals surface area contributed by atoms with Crippen LogP contribution in [0.1, 0.15) is 0 Å². The first-order chi connectivity index (χ1) is 14.6. The number of para-hydroxylation sites is 1. The van der Waals surface area contributed by atoms with Crippen LogP contribution in [-0.4, -0.2) is 60.9 Å². The summed E-state index contributed by atoms with van der Waals surface area (Å²) >= 11 is 9.15. The molecule has 0 bridgehead atoms. The third-order valence-electron chi connectivity index (χ3n) is 4.81. The highest BCUT2D eigenvalue weighted by atomic mass is 35.5. The first-order valence-corrected chi connectivity index (χ1v) is 11.8. The molecule has 1 aromatic heterocycles. The Morgan fingerprint density at radius 3 is 2.73 bits per heavy atom. The molecule has 2 aromatic carbocycles. The van der Waals surface area contributed by atoms with Crippen LogP contribution in [0.4, 0.5) is 9.52 Å². The van der Waals surface area contributed by atoms with E-state index in [0.717, 1.165) is 34.7 Å². The SMILES string of the molecule is O=C(CSc1ccc(F)cc1)N(CCN1CCOCC1)c1nc2c(Cl)cccc2s1. The van der Waals surface area contributed by atoms with Crippen LogP contribution in [0.15, 0.2) is 47.4 Å². The predicted octanol–water partition coefficient (Wildman–Crippen LogP) is 4.55. The van der Waals surface area contributed by atoms with Crippen molar-refractivity contribution in [2.45, 2.75) is 4.90 Å². The average molecular weight is 466 g/mol. The van der Waals surface area contributed by atoms with Crippen LogP contribution >= 0.6 is 34.7 Å². The second-order valence-corrected chi connectivity index (χ2v) is 9.29. The molecule has 158 valence electrons. The van der Waals surface area contributed by atoms with Crippen LogP contribution in [0.2, 0.25) is 5.02 Å². The number of carbonyl (C=O) groups excluding carboxylic acids is 1. The minimum atomic E-state index is -0.288. The molecule has 5 nitrogen and oxygen atoms in total. The van der Waals surface area contributed by atoms with Crippen molar-refractivity contribution in [3.05, 3.63) is 53.3 Å². The molecule has 1 fully saturated rings. The fourth-order valence-electron chi connectivity index (χ4n) is 3.17. The molecule has 0 aliphatic carbocycles. The number of thioether (sulfide) groups is 1. The Morgan fingerprint density at radius 2 is 2.00 bits per heavy atom. The molecule has 0 unspecified atom stereocenters. The van der Waals surface area contributed by atoms with Gasteiger partial charge in [-0.3, -0.25) is 14.6 Å². The van der Waals surface area contributed by atoms with Crippen LogP contribution in [0.3, 0.4) is 0 Å². The number of thiazole rings is 1. The minimum Gasteiger partial charge on any atom is -0.379 e. The van der Waals surface area contributed by atoms with Crippen molar-refractivity contribution >= 4 is 56.0 Å². The van der Waals surface area contributed by atoms with Crippen molar-refractivity contribution in [3.63, 3.8) is 0 Å². The molecule has 0 atom stereocenters. The normalized spacial score (nSPS) is 14.9. The van der Waals surface area contributed by atoms with Gasteiger partial charge in [0.25, 0.3) is 0 Å². The molecule has 1 amide bonds. The lowest BCUT2D eigenvalue weighted by molar-refractivity contribution is -0.116. The lowest BCUT2D eigenvalue weighted by Gasteiger charge is -2.29. The van der Waals surface area contributed by atoms with Crippen molar-refractivity contribution in [1.29, 1.82) is 0 Å². The number of rotatable bonds is 7. The van der Waals surface area contributed by atoms with Gasteiger partial charge in [-0.1, -0.05) is 29.0 Å². The fourth-order valence-corrected chi connectivity index (χ4v) is 5.25. The van der Waals surface area contributed by atoms with Crippen LogP contribution in [0.25, 0.3) is 10.2 Å². The maximum atomic E-state index is 13.1. The zero-order valence-corrected chi connectivity index (χ0v) is 18.6. The summed E-state index contributed by atoms with van der Waals surface area (Å²) < 4.78 is 19.5. The maximum absolute atomic E-state index is 13.1. The van der Waals surface area contributed by atoms with E-state index >= 15 is 0 Å². The number of hydrogen-bond acceptors (Lipinski definition) is 6. The molecule has 1 saturated heterocycles. The Kier molecular flexibility index (Phi) is 7.22. The summed E-state index contributed by atoms with van der Waals surface area (Å²) in [6, 6.07) is 11.8. The summed E-state index contributed by atoms with van der Waals surface area (Å²) in [6.07, 6.45) is 0. The number of morpholine rings is 1. The largest absolute Gasteiger partial charge is 0.379 e. The molecule has 2 heterocycles. The number of amides is 1. The zero-order chi connectivity index (χ0) is 20.9. The molecular weight excluding hydrogens is 445 g/mol. The van der Waals surface area contributed by atoms with E-state index in [-0.39, 0.29) is 17.5 Å². The van der Waals surface area contributed by atoms with E-state index in [1.807, 2.05) is 12.1 Å². The highest BCUT2D eigenvalue weighted by molar-refractivity contribution is 8.00. The zero-order valence-electron chi connectivity index (χ0n) is 16.2. The summed E-state index contributed by atoms with van der Waals surface area (Å²) in [4.78, 5) is 22.7. The second kappa shape index (κ2) is 10.1. The van der Waals surface area contributed by atoms with Crippen molar-refractivity contribution in [2.75, 3.05) is 50.0 Å². The summed E-state index contributed by atoms with van der Waals surface area (Å²) in [5, 5.41) is 1.23. The Bertz CT molecular complexity index is 1010. The minimum absolute atomic E-state index is 0.0345. The van der Waals surface area contributed by atoms with Gasteiger partial charge >= 0.3 is 0 Å². The molecule has 30 heavy (non-hydrogen) atoms. The first kappa shape index (κ1) is 21.5. The molecular formula is C21H21ClFN3O2S2. The van der Waals surface area contributed by atoms with Gasteiger partial charge in [0.1, 0.15) is 11.3 Å². The molecule has 0 N–H and O–H groups in total. The van der Waals surface area contributed by atoms with Gasteiger partial charge in [0.15, 0.2) is 5.13 Å². The van der Waals surface area contributed by atoms with Crippen LogP contribution < -0.4 is 4.90 Å². The monoisotopic (exact) mass is 465 g/mol. The number of ether oxygens (including phenoxy) is 1. The predicted molar refractivity (Wildman–Crippen MR) is 121 cm³/mol. The van der Waals surface area contributed by atoms with Crippen molar-refractivity contribution in [2.24, 2.45) is 0 Å². The third kappa shape index (κ3) is 5.31. The lowest BCUT2D eigenvalue weighted by atomic mass is 10.3. The van der Waals surface area contributed by atoms with E-state index in [4.69, 9.17) is 16.3 Å². The molecule has 0 saturated carbocycles. The van der Waals surface area contributed by atoms with E-state index in [2.05, 4.69) is 9.88 Å². The lowest BCUT2D eigenvalue weighted by Crippen LogP contribution is -2.43. The Balaban J connectivity index is 1.51. The molecule has 9 heteroatoms. The Morgan fingerprint density at radius 1 is 1.23 bits per heavy atom. The van der Waals surface area contributed by atoms with E-state index < -0.39 is 0 Å². The maximum Gasteiger partial charge on any atom is 0.239 e. The number of fused-ring (bicyclic) bond motifs is 1. The van der Waals surface area contributed by atoms with E-state index in [0.29, 0.717) is 29.9 Å². The number of hydrogen-bond donors (Lipinski definition) is 0. The van der Waals surface area contributed by atoms with Crippen molar-refractivity contribution in [3.8, 4) is 0 Å². The first-order valence-electron chi connectivity index (χ1n) is 9.64. The Hall–Kier alpha value is -1.71. The Labute approximate surface area is 187 Å². The van der Waals surface area contributed by atoms with E-state index in [9.17, 15) is 9.18 Å². The number of anilines is 1. The molecule has 0 radical (unpaired) electrons. The fraction of sp³-hybridized carbons (Fsp3) is 0.333. The van der Waals surface area contributed by atoms with Gasteiger partial charge in [-0.2, -0.15) is 0 Å². The third-order valence-corrected chi connectivity index (χ3v) is 7.16. The summed E-state index contributed by atoms with van der Waals surface area (Å²) in [5.74, 6) is -0.0739. The van der Waals surface area contributed by atoms with Crippen molar-refractivity contribution in [1.82, 2.24) is 9.88 Å². The summed E-state index contributed by atoms with van der Waals surface area (Å²) in [6.45, 7) is 4.44. The molecule has 1 aliphatic rings. The number of benzene rings is 2. The van der Waals surface area contributed by atoms with Crippen LogP contribution in [0.5, 0.6) is 0 Å². The number of carbonyl (C=O) groups is 1. The molecule has 1 aliphatic heterocycles. The number of nitrogens with zero attached hydrogens (tertiary/aromatic N) is 3. The van der Waals surface area contributed by atoms with Gasteiger partial charge in [-0.05, 0) is 36.4 Å². The molecule has 4 rings (SSSR count). The van der Waals surface area contributed by atoms with Gasteiger partial charge in [0.05, 0.1) is 28.7 Å². The van der Waals surface area contributed by atoms with Gasteiger partial charge in [-0.25, -0.2) is 9.37 Å². The average Bonchev–Trinajstić information content (AvgIpc) is 3.19. The molecule has 3 aromatic rings. The topological polar surface area (TPSA) is 45.7 Å². The van der Waals surface area contributed by atoms with Gasteiger partial charge in [-0.15, -0.1) is 11.8 Å². The van der Waals surface area contributed by atoms with Gasteiger partial charge in [0.2, 0.25) is 5.91 Å². The number of halogens is 2. The molecule has 0 spiro atoms. The highest BCUT2D eigenvalue weighted by Gasteiger charge is 2.22. The summed E-state index contributed by atoms with van der Waals surface area (Å²) in [5.41, 5.74) is 0.717. The standard InChI is InChI=1S/C21H21ClFN3O2S2/c22-17-2-1-3-18-20(17)24-21(30-18)26(9-8-25-10-12-28-13-11-25)19(27)14-29-16-6-4-15(23)5-7-16/h1-7H,8-14H2. The van der Waals surface area contributed by atoms with Gasteiger partial charge in [0, 0.05) is 31.1 Å². The second-order valence-electron chi connectivity index (χ2n) is 6.83. The number of aromatic nitrogens is 1.